The molecule has 0 atom stereocenters. The number of hydrogen-bond acceptors (Lipinski definition) is 6. The summed E-state index contributed by atoms with van der Waals surface area (Å²) in [5, 5.41) is 9.73. The van der Waals surface area contributed by atoms with Crippen LogP contribution in [0.25, 0.3) is 5.78 Å². The van der Waals surface area contributed by atoms with E-state index < -0.39 is 5.82 Å². The largest absolute Gasteiger partial charge is 0.491 e. The van der Waals surface area contributed by atoms with Gasteiger partial charge >= 0.3 is 0 Å². The van der Waals surface area contributed by atoms with E-state index in [1.165, 1.54) is 16.7 Å². The Kier molecular flexibility index (Phi) is 9.13. The summed E-state index contributed by atoms with van der Waals surface area (Å²) in [6, 6.07) is 5.29. The molecule has 0 saturated heterocycles. The number of carbonyl (C=O) groups is 1. The molecule has 7 nitrogen and oxygen atoms in total. The Hall–Kier alpha value is -2.83. The van der Waals surface area contributed by atoms with Crippen molar-refractivity contribution in [2.24, 2.45) is 0 Å². The third-order valence-electron chi connectivity index (χ3n) is 5.69. The number of unbranched alkanes of at least 4 members (excludes halogenated alkanes) is 1. The first-order valence-corrected chi connectivity index (χ1v) is 12.4. The number of fused-ring (bicyclic) bond motifs is 1. The van der Waals surface area contributed by atoms with Crippen molar-refractivity contribution in [1.29, 1.82) is 5.26 Å². The van der Waals surface area contributed by atoms with Gasteiger partial charge in [0.2, 0.25) is 11.6 Å². The third kappa shape index (κ3) is 5.80. The van der Waals surface area contributed by atoms with Gasteiger partial charge in [0, 0.05) is 12.1 Å². The Bertz CT molecular complexity index is 1200. The molecule has 0 radical (unpaired) electrons. The quantitative estimate of drug-likeness (QED) is 0.237. The van der Waals surface area contributed by atoms with Gasteiger partial charge in [0.05, 0.1) is 34.7 Å². The topological polar surface area (TPSA) is 83.5 Å². The van der Waals surface area contributed by atoms with Crippen LogP contribution in [0, 0.1) is 17.1 Å². The highest BCUT2D eigenvalue weighted by Gasteiger charge is 2.24. The molecule has 180 valence electrons. The Morgan fingerprint density at radius 1 is 1.26 bits per heavy atom. The lowest BCUT2D eigenvalue weighted by Gasteiger charge is -2.18. The van der Waals surface area contributed by atoms with Crippen molar-refractivity contribution in [1.82, 2.24) is 19.3 Å². The molecular weight excluding hydrogens is 501 g/mol. The molecule has 0 aliphatic heterocycles. The molecule has 2 heterocycles. The minimum Gasteiger partial charge on any atom is -0.491 e. The van der Waals surface area contributed by atoms with Crippen LogP contribution < -0.4 is 4.74 Å². The zero-order valence-corrected chi connectivity index (χ0v) is 21.4. The van der Waals surface area contributed by atoms with Gasteiger partial charge in [-0.25, -0.2) is 14.4 Å². The van der Waals surface area contributed by atoms with E-state index in [2.05, 4.69) is 50.7 Å². The molecule has 0 amide bonds. The Labute approximate surface area is 207 Å². The first kappa shape index (κ1) is 25.8. The fourth-order valence-corrected chi connectivity index (χ4v) is 4.38. The van der Waals surface area contributed by atoms with Crippen molar-refractivity contribution >= 4 is 27.5 Å². The van der Waals surface area contributed by atoms with E-state index in [9.17, 15) is 14.4 Å². The number of rotatable bonds is 12. The first-order valence-electron chi connectivity index (χ1n) is 11.6. The van der Waals surface area contributed by atoms with E-state index in [4.69, 9.17) is 4.74 Å². The summed E-state index contributed by atoms with van der Waals surface area (Å²) in [6.45, 7) is 9.59. The van der Waals surface area contributed by atoms with Crippen molar-refractivity contribution in [3.63, 3.8) is 0 Å². The summed E-state index contributed by atoms with van der Waals surface area (Å²) in [4.78, 5) is 24.3. The predicted molar refractivity (Wildman–Crippen MR) is 132 cm³/mol. The molecule has 0 aliphatic rings. The Balaban J connectivity index is 1.91. The fourth-order valence-electron chi connectivity index (χ4n) is 3.81. The zero-order valence-electron chi connectivity index (χ0n) is 19.8. The summed E-state index contributed by atoms with van der Waals surface area (Å²) in [7, 11) is 0. The Morgan fingerprint density at radius 3 is 2.71 bits per heavy atom. The number of hydrogen-bond donors (Lipinski definition) is 0. The fraction of sp³-hybridized carbons (Fsp3) is 0.440. The van der Waals surface area contributed by atoms with Gasteiger partial charge in [-0.2, -0.15) is 5.26 Å². The van der Waals surface area contributed by atoms with Crippen LogP contribution in [-0.4, -0.2) is 51.3 Å². The van der Waals surface area contributed by atoms with Gasteiger partial charge in [0.1, 0.15) is 11.8 Å². The highest BCUT2D eigenvalue weighted by molar-refractivity contribution is 9.10. The second kappa shape index (κ2) is 12.0. The molecule has 3 aromatic rings. The summed E-state index contributed by atoms with van der Waals surface area (Å²) < 4.78 is 21.7. The van der Waals surface area contributed by atoms with Gasteiger partial charge in [-0.1, -0.05) is 27.2 Å². The van der Waals surface area contributed by atoms with Crippen LogP contribution in [0.3, 0.4) is 0 Å². The lowest BCUT2D eigenvalue weighted by Crippen LogP contribution is -2.25. The molecule has 0 saturated carbocycles. The van der Waals surface area contributed by atoms with Crippen LogP contribution in [-0.2, 0) is 6.42 Å². The van der Waals surface area contributed by atoms with E-state index in [0.29, 0.717) is 34.5 Å². The number of ketones is 1. The molecular formula is C25H29BrFN5O2. The summed E-state index contributed by atoms with van der Waals surface area (Å²) in [6.07, 6.45) is 5.44. The highest BCUT2D eigenvalue weighted by atomic mass is 79.9. The Morgan fingerprint density at radius 2 is 2.03 bits per heavy atom. The maximum absolute atomic E-state index is 13.9. The van der Waals surface area contributed by atoms with Gasteiger partial charge < -0.3 is 9.64 Å². The van der Waals surface area contributed by atoms with Crippen molar-refractivity contribution < 1.29 is 13.9 Å². The molecule has 1 aromatic carbocycles. The lowest BCUT2D eigenvalue weighted by atomic mass is 10.0. The zero-order chi connectivity index (χ0) is 24.7. The summed E-state index contributed by atoms with van der Waals surface area (Å²) in [5.41, 5.74) is 1.38. The number of imidazole rings is 1. The van der Waals surface area contributed by atoms with Gasteiger partial charge in [0.25, 0.3) is 0 Å². The molecule has 2 aromatic heterocycles. The molecule has 0 unspecified atom stereocenters. The predicted octanol–water partition coefficient (Wildman–Crippen LogP) is 5.19. The second-order valence-corrected chi connectivity index (χ2v) is 8.81. The van der Waals surface area contributed by atoms with E-state index in [1.54, 1.807) is 6.07 Å². The van der Waals surface area contributed by atoms with E-state index >= 15 is 0 Å². The molecule has 3 rings (SSSR count). The van der Waals surface area contributed by atoms with Crippen LogP contribution in [0.1, 0.15) is 67.3 Å². The van der Waals surface area contributed by atoms with Crippen LogP contribution in [0.4, 0.5) is 4.39 Å². The number of carbonyl (C=O) groups excluding carboxylic acids is 1. The number of nitriles is 1. The van der Waals surface area contributed by atoms with Crippen LogP contribution in [0.15, 0.2) is 29.0 Å². The number of nitrogens with zero attached hydrogens (tertiary/aromatic N) is 5. The van der Waals surface area contributed by atoms with Gasteiger partial charge in [-0.05, 0) is 60.4 Å². The minimum atomic E-state index is -0.562. The van der Waals surface area contributed by atoms with Crippen LogP contribution >= 0.6 is 15.9 Å². The first-order chi connectivity index (χ1) is 16.4. The molecule has 0 aliphatic carbocycles. The van der Waals surface area contributed by atoms with E-state index in [-0.39, 0.29) is 22.8 Å². The number of aromatic nitrogens is 3. The number of halogens is 2. The van der Waals surface area contributed by atoms with Gasteiger partial charge in [-0.15, -0.1) is 0 Å². The SMILES string of the molecule is CCCCc1nc2ncc(F)cn2c1C(=O)c1cc(Br)c(OCCCN(CC)CC)c(C#N)c1. The standard InChI is InChI=1S/C25H29BrFN5O2/c1-4-7-9-21-22(32-16-19(27)15-29-25(32)30-21)23(33)17-12-18(14-28)24(20(26)13-17)34-11-8-10-31(5-2)6-3/h12-13,15-16H,4-11H2,1-3H3. The van der Waals surface area contributed by atoms with Gasteiger partial charge in [0.15, 0.2) is 11.6 Å². The maximum atomic E-state index is 13.9. The van der Waals surface area contributed by atoms with Crippen LogP contribution in [0.2, 0.25) is 0 Å². The smallest absolute Gasteiger partial charge is 0.234 e. The van der Waals surface area contributed by atoms with E-state index in [0.717, 1.165) is 45.1 Å². The minimum absolute atomic E-state index is 0.258. The molecule has 9 heteroatoms. The number of ether oxygens (including phenoxy) is 1. The summed E-state index contributed by atoms with van der Waals surface area (Å²) >= 11 is 3.47. The number of aryl methyl sites for hydroxylation is 1. The normalized spacial score (nSPS) is 11.2. The average Bonchev–Trinajstić information content (AvgIpc) is 3.19. The molecule has 0 fully saturated rings. The van der Waals surface area contributed by atoms with Crippen molar-refractivity contribution in [2.45, 2.75) is 46.5 Å². The molecule has 0 N–H and O–H groups in total. The van der Waals surface area contributed by atoms with Crippen LogP contribution in [0.5, 0.6) is 5.75 Å². The van der Waals surface area contributed by atoms with Crippen molar-refractivity contribution in [3.05, 3.63) is 57.3 Å². The average molecular weight is 530 g/mol. The monoisotopic (exact) mass is 529 g/mol. The molecule has 0 bridgehead atoms. The third-order valence-corrected chi connectivity index (χ3v) is 6.28. The molecule has 34 heavy (non-hydrogen) atoms. The summed E-state index contributed by atoms with van der Waals surface area (Å²) in [5.74, 6) is -0.233. The van der Waals surface area contributed by atoms with Crippen molar-refractivity contribution in [3.8, 4) is 11.8 Å². The molecule has 0 spiro atoms. The van der Waals surface area contributed by atoms with Gasteiger partial charge in [-0.3, -0.25) is 9.20 Å². The second-order valence-electron chi connectivity index (χ2n) is 7.96. The maximum Gasteiger partial charge on any atom is 0.234 e. The highest BCUT2D eigenvalue weighted by Crippen LogP contribution is 2.32. The number of benzene rings is 1. The van der Waals surface area contributed by atoms with E-state index in [1.807, 2.05) is 6.92 Å². The lowest BCUT2D eigenvalue weighted by molar-refractivity contribution is 0.103. The van der Waals surface area contributed by atoms with Crippen molar-refractivity contribution in [2.75, 3.05) is 26.2 Å².